The fourth-order valence-electron chi connectivity index (χ4n) is 3.49. The Labute approximate surface area is 169 Å². The molecule has 0 radical (unpaired) electrons. The smallest absolute Gasteiger partial charge is 0.312 e. The molecule has 0 bridgehead atoms. The highest BCUT2D eigenvalue weighted by Crippen LogP contribution is 2.32. The van der Waals surface area contributed by atoms with Crippen LogP contribution in [0.15, 0.2) is 24.4 Å². The van der Waals surface area contributed by atoms with E-state index in [-0.39, 0.29) is 12.3 Å². The fraction of sp³-hybridized carbons (Fsp3) is 0.524. The van der Waals surface area contributed by atoms with Gasteiger partial charge >= 0.3 is 5.97 Å². The summed E-state index contributed by atoms with van der Waals surface area (Å²) in [5.41, 5.74) is 1.09. The number of hydrogen-bond donors (Lipinski definition) is 2. The molecule has 0 aromatic carbocycles. The highest BCUT2D eigenvalue weighted by atomic mass is 16.6. The van der Waals surface area contributed by atoms with E-state index in [1.165, 1.54) is 7.11 Å². The van der Waals surface area contributed by atoms with Gasteiger partial charge < -0.3 is 19.9 Å². The SMILES string of the molecule is COc1ccc2nccc(NC(=O)[C@@H]3CC[C@@H](C(=O)OC(C)(C)C)[C@H](O)C3)c2n1. The van der Waals surface area contributed by atoms with Crippen LogP contribution in [0, 0.1) is 11.8 Å². The van der Waals surface area contributed by atoms with Gasteiger partial charge in [-0.2, -0.15) is 0 Å². The zero-order valence-corrected chi connectivity index (χ0v) is 17.1. The number of nitrogens with zero attached hydrogens (tertiary/aromatic N) is 2. The van der Waals surface area contributed by atoms with E-state index in [9.17, 15) is 14.7 Å². The molecule has 0 spiro atoms. The first-order valence-corrected chi connectivity index (χ1v) is 9.69. The Bertz CT molecular complexity index is 909. The minimum absolute atomic E-state index is 0.204. The van der Waals surface area contributed by atoms with E-state index in [4.69, 9.17) is 9.47 Å². The summed E-state index contributed by atoms with van der Waals surface area (Å²) in [6, 6.07) is 5.15. The van der Waals surface area contributed by atoms with E-state index >= 15 is 0 Å². The number of amides is 1. The number of ether oxygens (including phenoxy) is 2. The Morgan fingerprint density at radius 3 is 2.62 bits per heavy atom. The van der Waals surface area contributed by atoms with Crippen molar-refractivity contribution < 1.29 is 24.2 Å². The van der Waals surface area contributed by atoms with Gasteiger partial charge in [-0.25, -0.2) is 4.98 Å². The van der Waals surface area contributed by atoms with Gasteiger partial charge in [0.2, 0.25) is 11.8 Å². The molecule has 1 aliphatic carbocycles. The third-order valence-electron chi connectivity index (χ3n) is 4.92. The Morgan fingerprint density at radius 1 is 1.21 bits per heavy atom. The molecule has 2 aromatic rings. The summed E-state index contributed by atoms with van der Waals surface area (Å²) >= 11 is 0. The van der Waals surface area contributed by atoms with Crippen molar-refractivity contribution in [1.29, 1.82) is 0 Å². The summed E-state index contributed by atoms with van der Waals surface area (Å²) in [5, 5.41) is 13.3. The minimum Gasteiger partial charge on any atom is -0.481 e. The quantitative estimate of drug-likeness (QED) is 0.758. The lowest BCUT2D eigenvalue weighted by molar-refractivity contribution is -0.167. The highest BCUT2D eigenvalue weighted by molar-refractivity contribution is 6.00. The van der Waals surface area contributed by atoms with E-state index in [0.717, 1.165) is 0 Å². The largest absolute Gasteiger partial charge is 0.481 e. The first kappa shape index (κ1) is 21.0. The van der Waals surface area contributed by atoms with Gasteiger partial charge in [0.05, 0.1) is 30.3 Å². The van der Waals surface area contributed by atoms with Crippen molar-refractivity contribution in [3.63, 3.8) is 0 Å². The number of methoxy groups -OCH3 is 1. The Morgan fingerprint density at radius 2 is 1.97 bits per heavy atom. The molecule has 0 unspecified atom stereocenters. The van der Waals surface area contributed by atoms with Crippen LogP contribution in [-0.2, 0) is 14.3 Å². The summed E-state index contributed by atoms with van der Waals surface area (Å²) in [6.07, 6.45) is 1.78. The molecule has 2 aromatic heterocycles. The predicted molar refractivity (Wildman–Crippen MR) is 107 cm³/mol. The first-order valence-electron chi connectivity index (χ1n) is 9.69. The summed E-state index contributed by atoms with van der Waals surface area (Å²) in [7, 11) is 1.52. The number of anilines is 1. The summed E-state index contributed by atoms with van der Waals surface area (Å²) in [6.45, 7) is 5.37. The molecule has 1 saturated carbocycles. The molecule has 2 N–H and O–H groups in total. The number of hydrogen-bond acceptors (Lipinski definition) is 7. The van der Waals surface area contributed by atoms with Gasteiger partial charge in [-0.15, -0.1) is 0 Å². The van der Waals surface area contributed by atoms with E-state index in [0.29, 0.717) is 35.4 Å². The maximum absolute atomic E-state index is 12.8. The average Bonchev–Trinajstić information content (AvgIpc) is 2.66. The molecule has 2 heterocycles. The van der Waals surface area contributed by atoms with Crippen LogP contribution in [-0.4, -0.2) is 45.8 Å². The lowest BCUT2D eigenvalue weighted by atomic mass is 9.79. The molecule has 0 aliphatic heterocycles. The van der Waals surface area contributed by atoms with Gasteiger partial charge in [0.1, 0.15) is 11.1 Å². The van der Waals surface area contributed by atoms with Crippen molar-refractivity contribution in [1.82, 2.24) is 9.97 Å². The van der Waals surface area contributed by atoms with Crippen molar-refractivity contribution in [2.24, 2.45) is 11.8 Å². The lowest BCUT2D eigenvalue weighted by Crippen LogP contribution is -2.41. The molecule has 1 fully saturated rings. The van der Waals surface area contributed by atoms with E-state index in [1.807, 2.05) is 0 Å². The van der Waals surface area contributed by atoms with E-state index in [2.05, 4.69) is 15.3 Å². The molecule has 156 valence electrons. The topological polar surface area (TPSA) is 111 Å². The van der Waals surface area contributed by atoms with Crippen LogP contribution in [0.5, 0.6) is 5.88 Å². The van der Waals surface area contributed by atoms with Crippen molar-refractivity contribution in [3.8, 4) is 5.88 Å². The number of nitrogens with one attached hydrogen (secondary N) is 1. The van der Waals surface area contributed by atoms with Crippen LogP contribution < -0.4 is 10.1 Å². The molecule has 1 aliphatic rings. The third-order valence-corrected chi connectivity index (χ3v) is 4.92. The molecule has 29 heavy (non-hydrogen) atoms. The Balaban J connectivity index is 1.68. The first-order chi connectivity index (χ1) is 13.7. The number of aliphatic hydroxyl groups is 1. The van der Waals surface area contributed by atoms with Crippen LogP contribution in [0.2, 0.25) is 0 Å². The molecular formula is C21H27N3O5. The van der Waals surface area contributed by atoms with Crippen molar-refractivity contribution in [2.45, 2.75) is 51.7 Å². The normalized spacial score (nSPS) is 22.2. The van der Waals surface area contributed by atoms with Crippen LogP contribution in [0.4, 0.5) is 5.69 Å². The van der Waals surface area contributed by atoms with Crippen LogP contribution in [0.1, 0.15) is 40.0 Å². The second-order valence-electron chi connectivity index (χ2n) is 8.29. The summed E-state index contributed by atoms with van der Waals surface area (Å²) in [5.74, 6) is -1.22. The number of carbonyl (C=O) groups excluding carboxylic acids is 2. The van der Waals surface area contributed by atoms with Gasteiger partial charge in [0, 0.05) is 18.2 Å². The molecule has 3 atom stereocenters. The van der Waals surface area contributed by atoms with Crippen molar-refractivity contribution in [2.75, 3.05) is 12.4 Å². The molecule has 3 rings (SSSR count). The monoisotopic (exact) mass is 401 g/mol. The zero-order chi connectivity index (χ0) is 21.2. The maximum atomic E-state index is 12.8. The number of rotatable bonds is 4. The van der Waals surface area contributed by atoms with Gasteiger partial charge in [0.25, 0.3) is 0 Å². The Kier molecular flexibility index (Phi) is 6.02. The number of fused-ring (bicyclic) bond motifs is 1. The second-order valence-corrected chi connectivity index (χ2v) is 8.29. The lowest BCUT2D eigenvalue weighted by Gasteiger charge is -2.33. The number of pyridine rings is 2. The van der Waals surface area contributed by atoms with Crippen LogP contribution >= 0.6 is 0 Å². The molecule has 8 nitrogen and oxygen atoms in total. The third kappa shape index (κ3) is 5.00. The van der Waals surface area contributed by atoms with Gasteiger partial charge in [-0.05, 0) is 52.2 Å². The number of aliphatic hydroxyl groups excluding tert-OH is 1. The summed E-state index contributed by atoms with van der Waals surface area (Å²) < 4.78 is 10.5. The van der Waals surface area contributed by atoms with E-state index < -0.39 is 29.5 Å². The number of carbonyl (C=O) groups is 2. The predicted octanol–water partition coefficient (Wildman–Crippen LogP) is 2.70. The van der Waals surface area contributed by atoms with Crippen LogP contribution in [0.3, 0.4) is 0 Å². The molecule has 1 amide bonds. The number of aromatic nitrogens is 2. The zero-order valence-electron chi connectivity index (χ0n) is 17.1. The summed E-state index contributed by atoms with van der Waals surface area (Å²) in [4.78, 5) is 33.7. The van der Waals surface area contributed by atoms with Crippen molar-refractivity contribution in [3.05, 3.63) is 24.4 Å². The highest BCUT2D eigenvalue weighted by Gasteiger charge is 2.38. The van der Waals surface area contributed by atoms with E-state index in [1.54, 1.807) is 45.2 Å². The maximum Gasteiger partial charge on any atom is 0.312 e. The minimum atomic E-state index is -0.915. The fourth-order valence-corrected chi connectivity index (χ4v) is 3.49. The molecule has 8 heteroatoms. The second kappa shape index (κ2) is 8.32. The molecular weight excluding hydrogens is 374 g/mol. The van der Waals surface area contributed by atoms with Crippen molar-refractivity contribution >= 4 is 28.6 Å². The number of esters is 1. The molecule has 0 saturated heterocycles. The average molecular weight is 401 g/mol. The van der Waals surface area contributed by atoms with Gasteiger partial charge in [-0.1, -0.05) is 0 Å². The van der Waals surface area contributed by atoms with Crippen LogP contribution in [0.25, 0.3) is 11.0 Å². The van der Waals surface area contributed by atoms with Gasteiger partial charge in [-0.3, -0.25) is 14.6 Å². The standard InChI is InChI=1S/C21H27N3O5/c1-21(2,3)29-20(27)13-6-5-12(11-16(13)25)19(26)23-15-9-10-22-14-7-8-17(28-4)24-18(14)15/h7-10,12-13,16,25H,5-6,11H2,1-4H3,(H,22,23,26)/t12-,13-,16-/m1/s1. The van der Waals surface area contributed by atoms with Gasteiger partial charge in [0.15, 0.2) is 0 Å². The Hall–Kier alpha value is -2.74.